The molecule has 0 bridgehead atoms. The van der Waals surface area contributed by atoms with Crippen LogP contribution in [0.4, 0.5) is 0 Å². The van der Waals surface area contributed by atoms with Gasteiger partial charge in [-0.25, -0.2) is 0 Å². The first-order valence-corrected chi connectivity index (χ1v) is 7.78. The molecule has 0 N–H and O–H groups in total. The third kappa shape index (κ3) is 2.27. The Kier molecular flexibility index (Phi) is 3.62. The fraction of sp³-hybridized carbons (Fsp3) is 0.158. The van der Waals surface area contributed by atoms with E-state index in [1.165, 1.54) is 33.0 Å². The van der Waals surface area contributed by atoms with E-state index in [0.717, 1.165) is 0 Å². The normalized spacial score (nSPS) is 12.6. The van der Waals surface area contributed by atoms with Gasteiger partial charge in [-0.1, -0.05) is 76.6 Å². The number of benzene rings is 3. The maximum atomic E-state index is 3.90. The van der Waals surface area contributed by atoms with Crippen molar-refractivity contribution in [3.8, 4) is 0 Å². The predicted octanol–water partition coefficient (Wildman–Crippen LogP) is 5.94. The number of halogens is 1. The lowest BCUT2D eigenvalue weighted by Crippen LogP contribution is -1.98. The van der Waals surface area contributed by atoms with Crippen molar-refractivity contribution in [1.82, 2.24) is 0 Å². The molecule has 0 aliphatic rings. The highest BCUT2D eigenvalue weighted by Gasteiger charge is 2.15. The molecule has 0 aliphatic carbocycles. The Labute approximate surface area is 128 Å². The summed E-state index contributed by atoms with van der Waals surface area (Å²) in [6, 6.07) is 21.6. The van der Waals surface area contributed by atoms with Gasteiger partial charge < -0.3 is 0 Å². The third-order valence-corrected chi connectivity index (χ3v) is 5.00. The van der Waals surface area contributed by atoms with Crippen LogP contribution in [0, 0.1) is 13.8 Å². The maximum absolute atomic E-state index is 3.90. The number of hydrogen-bond acceptors (Lipinski definition) is 0. The van der Waals surface area contributed by atoms with Gasteiger partial charge in [0.15, 0.2) is 0 Å². The smallest absolute Gasteiger partial charge is 0.0653 e. The molecular formula is C19H17Br. The molecular weight excluding hydrogens is 308 g/mol. The third-order valence-electron chi connectivity index (χ3n) is 4.02. The summed E-state index contributed by atoms with van der Waals surface area (Å²) in [5.41, 5.74) is 5.38. The van der Waals surface area contributed by atoms with Crippen molar-refractivity contribution in [2.45, 2.75) is 18.7 Å². The lowest BCUT2D eigenvalue weighted by Gasteiger charge is -2.17. The Morgan fingerprint density at radius 3 is 2.25 bits per heavy atom. The van der Waals surface area contributed by atoms with Crippen LogP contribution in [0.1, 0.15) is 27.1 Å². The second-order valence-electron chi connectivity index (χ2n) is 5.22. The average Bonchev–Trinajstić information content (AvgIpc) is 2.49. The molecule has 1 atom stereocenters. The molecule has 20 heavy (non-hydrogen) atoms. The molecule has 0 amide bonds. The highest BCUT2D eigenvalue weighted by molar-refractivity contribution is 9.09. The summed E-state index contributed by atoms with van der Waals surface area (Å²) < 4.78 is 0. The van der Waals surface area contributed by atoms with Crippen LogP contribution in [0.2, 0.25) is 0 Å². The zero-order valence-corrected chi connectivity index (χ0v) is 13.3. The summed E-state index contributed by atoms with van der Waals surface area (Å²) in [5.74, 6) is 0. The summed E-state index contributed by atoms with van der Waals surface area (Å²) in [4.78, 5) is 0.230. The largest absolute Gasteiger partial charge is 0.0786 e. The van der Waals surface area contributed by atoms with Gasteiger partial charge in [0, 0.05) is 0 Å². The van der Waals surface area contributed by atoms with E-state index in [1.54, 1.807) is 0 Å². The Balaban J connectivity index is 2.18. The summed E-state index contributed by atoms with van der Waals surface area (Å²) in [5, 5.41) is 2.61. The van der Waals surface area contributed by atoms with Crippen LogP contribution in [0.5, 0.6) is 0 Å². The van der Waals surface area contributed by atoms with Crippen LogP contribution < -0.4 is 0 Å². The molecule has 3 rings (SSSR count). The Bertz CT molecular complexity index is 753. The van der Waals surface area contributed by atoms with Gasteiger partial charge >= 0.3 is 0 Å². The molecule has 3 aromatic carbocycles. The first-order valence-electron chi connectivity index (χ1n) is 6.86. The van der Waals surface area contributed by atoms with Crippen molar-refractivity contribution in [2.75, 3.05) is 0 Å². The zero-order valence-electron chi connectivity index (χ0n) is 11.7. The predicted molar refractivity (Wildman–Crippen MR) is 90.6 cm³/mol. The average molecular weight is 325 g/mol. The monoisotopic (exact) mass is 324 g/mol. The van der Waals surface area contributed by atoms with Crippen LogP contribution in [0.25, 0.3) is 10.8 Å². The zero-order chi connectivity index (χ0) is 14.1. The number of hydrogen-bond donors (Lipinski definition) is 0. The molecule has 0 spiro atoms. The molecule has 0 aliphatic heterocycles. The van der Waals surface area contributed by atoms with E-state index in [-0.39, 0.29) is 4.83 Å². The maximum Gasteiger partial charge on any atom is 0.0653 e. The Morgan fingerprint density at radius 2 is 1.40 bits per heavy atom. The second kappa shape index (κ2) is 5.41. The van der Waals surface area contributed by atoms with Crippen molar-refractivity contribution in [2.24, 2.45) is 0 Å². The van der Waals surface area contributed by atoms with Gasteiger partial charge in [0.1, 0.15) is 0 Å². The van der Waals surface area contributed by atoms with Gasteiger partial charge in [-0.3, -0.25) is 0 Å². The molecule has 1 heteroatoms. The minimum Gasteiger partial charge on any atom is -0.0786 e. The number of aryl methyl sites for hydroxylation is 1. The fourth-order valence-electron chi connectivity index (χ4n) is 2.69. The summed E-state index contributed by atoms with van der Waals surface area (Å²) >= 11 is 3.90. The van der Waals surface area contributed by atoms with Gasteiger partial charge in [0.05, 0.1) is 4.83 Å². The second-order valence-corrected chi connectivity index (χ2v) is 6.14. The van der Waals surface area contributed by atoms with Crippen LogP contribution in [-0.4, -0.2) is 0 Å². The van der Waals surface area contributed by atoms with Gasteiger partial charge in [-0.2, -0.15) is 0 Å². The summed E-state index contributed by atoms with van der Waals surface area (Å²) in [6.45, 7) is 4.37. The molecule has 0 saturated carbocycles. The number of fused-ring (bicyclic) bond motifs is 1. The molecule has 1 unspecified atom stereocenters. The number of alkyl halides is 1. The van der Waals surface area contributed by atoms with Crippen LogP contribution in [0.15, 0.2) is 60.7 Å². The molecule has 0 heterocycles. The molecule has 3 aromatic rings. The molecule has 0 aromatic heterocycles. The van der Waals surface area contributed by atoms with Crippen molar-refractivity contribution < 1.29 is 0 Å². The van der Waals surface area contributed by atoms with E-state index < -0.39 is 0 Å². The van der Waals surface area contributed by atoms with Crippen molar-refractivity contribution in [3.05, 3.63) is 82.9 Å². The first kappa shape index (κ1) is 13.4. The lowest BCUT2D eigenvalue weighted by atomic mass is 9.94. The topological polar surface area (TPSA) is 0 Å². The van der Waals surface area contributed by atoms with Gasteiger partial charge in [0.2, 0.25) is 0 Å². The van der Waals surface area contributed by atoms with E-state index in [0.29, 0.717) is 0 Å². The standard InChI is InChI=1S/C19H17Br/c1-13-7-5-11-16(14(13)2)19(20)18-12-6-9-15-8-3-4-10-17(15)18/h3-12,19H,1-2H3. The highest BCUT2D eigenvalue weighted by atomic mass is 79.9. The van der Waals surface area contributed by atoms with E-state index >= 15 is 0 Å². The fourth-order valence-corrected chi connectivity index (χ4v) is 3.58. The van der Waals surface area contributed by atoms with E-state index in [9.17, 15) is 0 Å². The van der Waals surface area contributed by atoms with Crippen LogP contribution in [-0.2, 0) is 0 Å². The van der Waals surface area contributed by atoms with Crippen molar-refractivity contribution >= 4 is 26.7 Å². The Morgan fingerprint density at radius 1 is 0.750 bits per heavy atom. The van der Waals surface area contributed by atoms with Crippen LogP contribution >= 0.6 is 15.9 Å². The van der Waals surface area contributed by atoms with Gasteiger partial charge in [-0.15, -0.1) is 0 Å². The SMILES string of the molecule is Cc1cccc(C(Br)c2cccc3ccccc23)c1C. The van der Waals surface area contributed by atoms with Gasteiger partial charge in [0.25, 0.3) is 0 Å². The minimum atomic E-state index is 0.230. The van der Waals surface area contributed by atoms with E-state index in [4.69, 9.17) is 0 Å². The highest BCUT2D eigenvalue weighted by Crippen LogP contribution is 2.37. The molecule has 0 fully saturated rings. The first-order chi connectivity index (χ1) is 9.68. The summed E-state index contributed by atoms with van der Waals surface area (Å²) in [6.07, 6.45) is 0. The molecule has 100 valence electrons. The minimum absolute atomic E-state index is 0.230. The van der Waals surface area contributed by atoms with Crippen LogP contribution in [0.3, 0.4) is 0 Å². The molecule has 0 saturated heterocycles. The number of rotatable bonds is 2. The summed E-state index contributed by atoms with van der Waals surface area (Å²) in [7, 11) is 0. The molecule has 0 radical (unpaired) electrons. The van der Waals surface area contributed by atoms with E-state index in [2.05, 4.69) is 90.4 Å². The quantitative estimate of drug-likeness (QED) is 0.511. The Hall–Kier alpha value is -1.60. The van der Waals surface area contributed by atoms with Gasteiger partial charge in [-0.05, 0) is 46.9 Å². The van der Waals surface area contributed by atoms with E-state index in [1.807, 2.05) is 0 Å². The lowest BCUT2D eigenvalue weighted by molar-refractivity contribution is 1.14. The van der Waals surface area contributed by atoms with Crippen molar-refractivity contribution in [3.63, 3.8) is 0 Å². The van der Waals surface area contributed by atoms with Crippen molar-refractivity contribution in [1.29, 1.82) is 0 Å². The molecule has 0 nitrogen and oxygen atoms in total.